The van der Waals surface area contributed by atoms with Crippen LogP contribution in [0.5, 0.6) is 0 Å². The smallest absolute Gasteiger partial charge is 0.242 e. The normalized spacial score (nSPS) is 14.4. The van der Waals surface area contributed by atoms with Crippen molar-refractivity contribution in [2.45, 2.75) is 30.6 Å². The molecule has 1 aromatic heterocycles. The Labute approximate surface area is 193 Å². The van der Waals surface area contributed by atoms with Crippen LogP contribution in [-0.4, -0.2) is 54.7 Å². The van der Waals surface area contributed by atoms with E-state index < -0.39 is 10.0 Å². The zero-order valence-corrected chi connectivity index (χ0v) is 19.7. The molecule has 0 bridgehead atoms. The van der Waals surface area contributed by atoms with E-state index in [2.05, 4.69) is 10.3 Å². The number of nitrogens with zero attached hydrogens (tertiary/aromatic N) is 4. The van der Waals surface area contributed by atoms with Crippen LogP contribution in [0.25, 0.3) is 11.0 Å². The molecule has 1 aliphatic heterocycles. The number of imidazole rings is 1. The van der Waals surface area contributed by atoms with Crippen molar-refractivity contribution in [1.29, 1.82) is 0 Å². The van der Waals surface area contributed by atoms with Crippen molar-refractivity contribution in [1.82, 2.24) is 13.9 Å². The summed E-state index contributed by atoms with van der Waals surface area (Å²) < 4.78 is 27.8. The molecule has 10 heteroatoms. The molecule has 0 unspecified atom stereocenters. The third-order valence-electron chi connectivity index (χ3n) is 5.81. The first-order valence-electron chi connectivity index (χ1n) is 10.7. The van der Waals surface area contributed by atoms with Gasteiger partial charge >= 0.3 is 0 Å². The molecule has 33 heavy (non-hydrogen) atoms. The molecule has 2 amide bonds. The van der Waals surface area contributed by atoms with E-state index in [1.54, 1.807) is 29.2 Å². The average Bonchev–Trinajstić information content (AvgIpc) is 3.35. The van der Waals surface area contributed by atoms with Gasteiger partial charge in [-0.3, -0.25) is 9.59 Å². The summed E-state index contributed by atoms with van der Waals surface area (Å²) >= 11 is 0. The number of carbonyl (C=O) groups is 2. The number of amides is 2. The average molecular weight is 470 g/mol. The van der Waals surface area contributed by atoms with Gasteiger partial charge in [-0.15, -0.1) is 0 Å². The molecule has 1 aliphatic rings. The van der Waals surface area contributed by atoms with Gasteiger partial charge in [-0.2, -0.15) is 0 Å². The largest absolute Gasteiger partial charge is 0.331 e. The Hall–Kier alpha value is -3.24. The Morgan fingerprint density at radius 3 is 2.67 bits per heavy atom. The molecule has 0 aliphatic carbocycles. The molecule has 0 radical (unpaired) electrons. The SMILES string of the molecule is CN(C)S(=O)(=O)c1ccc2c(c1)nc(CCC(=O)Nc1cccc(N3CCCC3=O)c1)n2C. The van der Waals surface area contributed by atoms with Crippen LogP contribution in [0.3, 0.4) is 0 Å². The lowest BCUT2D eigenvalue weighted by atomic mass is 10.2. The zero-order chi connectivity index (χ0) is 23.8. The third kappa shape index (κ3) is 4.62. The monoisotopic (exact) mass is 469 g/mol. The molecule has 9 nitrogen and oxygen atoms in total. The standard InChI is InChI=1S/C23H27N5O4S/c1-26(2)33(31,32)18-9-10-20-19(15-18)25-21(27(20)3)11-12-22(29)24-16-6-4-7-17(14-16)28-13-5-8-23(28)30/h4,6-7,9-10,14-15H,5,8,11-13H2,1-3H3,(H,24,29). The second kappa shape index (κ2) is 8.95. The second-order valence-electron chi connectivity index (χ2n) is 8.27. The van der Waals surface area contributed by atoms with Crippen LogP contribution in [0.4, 0.5) is 11.4 Å². The zero-order valence-electron chi connectivity index (χ0n) is 18.9. The number of aromatic nitrogens is 2. The fraction of sp³-hybridized carbons (Fsp3) is 0.348. The van der Waals surface area contributed by atoms with E-state index in [4.69, 9.17) is 0 Å². The van der Waals surface area contributed by atoms with Crippen molar-refractivity contribution in [2.75, 3.05) is 30.9 Å². The Bertz CT molecular complexity index is 1330. The molecular formula is C23H27N5O4S. The van der Waals surface area contributed by atoms with Gasteiger partial charge in [0, 0.05) is 58.3 Å². The number of nitrogens with one attached hydrogen (secondary N) is 1. The van der Waals surface area contributed by atoms with Crippen LogP contribution in [0.1, 0.15) is 25.1 Å². The number of sulfonamides is 1. The number of hydrogen-bond acceptors (Lipinski definition) is 5. The van der Waals surface area contributed by atoms with E-state index in [9.17, 15) is 18.0 Å². The lowest BCUT2D eigenvalue weighted by Crippen LogP contribution is -2.23. The van der Waals surface area contributed by atoms with Gasteiger partial charge in [-0.1, -0.05) is 6.07 Å². The lowest BCUT2D eigenvalue weighted by molar-refractivity contribution is -0.117. The number of hydrogen-bond donors (Lipinski definition) is 1. The molecule has 174 valence electrons. The van der Waals surface area contributed by atoms with E-state index in [-0.39, 0.29) is 23.1 Å². The highest BCUT2D eigenvalue weighted by Crippen LogP contribution is 2.25. The van der Waals surface area contributed by atoms with Gasteiger partial charge < -0.3 is 14.8 Å². The first-order chi connectivity index (χ1) is 15.7. The van der Waals surface area contributed by atoms with Crippen molar-refractivity contribution < 1.29 is 18.0 Å². The molecule has 0 spiro atoms. The highest BCUT2D eigenvalue weighted by Gasteiger charge is 2.22. The minimum atomic E-state index is -3.55. The van der Waals surface area contributed by atoms with Crippen molar-refractivity contribution in [3.8, 4) is 0 Å². The summed E-state index contributed by atoms with van der Waals surface area (Å²) in [7, 11) is 1.27. The summed E-state index contributed by atoms with van der Waals surface area (Å²) in [5.41, 5.74) is 2.79. The van der Waals surface area contributed by atoms with Crippen molar-refractivity contribution in [2.24, 2.45) is 7.05 Å². The van der Waals surface area contributed by atoms with E-state index in [1.165, 1.54) is 14.1 Å². The van der Waals surface area contributed by atoms with Crippen LogP contribution in [0.2, 0.25) is 0 Å². The summed E-state index contributed by atoms with van der Waals surface area (Å²) in [6.07, 6.45) is 2.01. The Morgan fingerprint density at radius 1 is 1.18 bits per heavy atom. The molecule has 0 atom stereocenters. The predicted molar refractivity (Wildman–Crippen MR) is 127 cm³/mol. The summed E-state index contributed by atoms with van der Waals surface area (Å²) in [5, 5.41) is 2.89. The van der Waals surface area contributed by atoms with Gasteiger partial charge in [0.2, 0.25) is 21.8 Å². The first-order valence-corrected chi connectivity index (χ1v) is 12.2. The highest BCUT2D eigenvalue weighted by molar-refractivity contribution is 7.89. The molecule has 2 heterocycles. The number of rotatable bonds is 7. The van der Waals surface area contributed by atoms with E-state index >= 15 is 0 Å². The van der Waals surface area contributed by atoms with Crippen LogP contribution in [0, 0.1) is 0 Å². The van der Waals surface area contributed by atoms with Crippen molar-refractivity contribution >= 4 is 44.2 Å². The number of benzene rings is 2. The molecule has 1 fully saturated rings. The Kier molecular flexibility index (Phi) is 6.22. The minimum absolute atomic E-state index is 0.0989. The molecule has 1 N–H and O–H groups in total. The van der Waals surface area contributed by atoms with Gasteiger partial charge in [-0.25, -0.2) is 17.7 Å². The molecule has 1 saturated heterocycles. The van der Waals surface area contributed by atoms with Gasteiger partial charge in [0.1, 0.15) is 5.82 Å². The molecule has 4 rings (SSSR count). The molecular weight excluding hydrogens is 442 g/mol. The van der Waals surface area contributed by atoms with Crippen molar-refractivity contribution in [3.63, 3.8) is 0 Å². The maximum absolute atomic E-state index is 12.6. The van der Waals surface area contributed by atoms with E-state index in [1.807, 2.05) is 29.8 Å². The van der Waals surface area contributed by atoms with Crippen LogP contribution >= 0.6 is 0 Å². The topological polar surface area (TPSA) is 105 Å². The summed E-state index contributed by atoms with van der Waals surface area (Å²) in [6.45, 7) is 0.695. The van der Waals surface area contributed by atoms with E-state index in [0.717, 1.165) is 21.9 Å². The van der Waals surface area contributed by atoms with Crippen LogP contribution in [0.15, 0.2) is 47.4 Å². The molecule has 3 aromatic rings. The number of fused-ring (bicyclic) bond motifs is 1. The van der Waals surface area contributed by atoms with Gasteiger partial charge in [0.15, 0.2) is 0 Å². The third-order valence-corrected chi connectivity index (χ3v) is 7.63. The maximum Gasteiger partial charge on any atom is 0.242 e. The lowest BCUT2D eigenvalue weighted by Gasteiger charge is -2.16. The van der Waals surface area contributed by atoms with Crippen LogP contribution in [-0.2, 0) is 33.1 Å². The quantitative estimate of drug-likeness (QED) is 0.573. The summed E-state index contributed by atoms with van der Waals surface area (Å²) in [6, 6.07) is 12.1. The second-order valence-corrected chi connectivity index (χ2v) is 10.4. The van der Waals surface area contributed by atoms with Crippen molar-refractivity contribution in [3.05, 3.63) is 48.3 Å². The van der Waals surface area contributed by atoms with E-state index in [0.29, 0.717) is 36.4 Å². The number of aryl methyl sites for hydroxylation is 2. The summed E-state index contributed by atoms with van der Waals surface area (Å²) in [5.74, 6) is 0.626. The van der Waals surface area contributed by atoms with Crippen LogP contribution < -0.4 is 10.2 Å². The van der Waals surface area contributed by atoms with Gasteiger partial charge in [-0.05, 0) is 42.8 Å². The molecule has 0 saturated carbocycles. The Balaban J connectivity index is 1.45. The first kappa shape index (κ1) is 22.9. The fourth-order valence-corrected chi connectivity index (χ4v) is 4.87. The highest BCUT2D eigenvalue weighted by atomic mass is 32.2. The minimum Gasteiger partial charge on any atom is -0.331 e. The maximum atomic E-state index is 12.6. The Morgan fingerprint density at radius 2 is 1.97 bits per heavy atom. The number of anilines is 2. The number of carbonyl (C=O) groups excluding carboxylic acids is 2. The van der Waals surface area contributed by atoms with Gasteiger partial charge in [0.05, 0.1) is 15.9 Å². The van der Waals surface area contributed by atoms with Gasteiger partial charge in [0.25, 0.3) is 0 Å². The predicted octanol–water partition coefficient (Wildman–Crippen LogP) is 2.52. The summed E-state index contributed by atoms with van der Waals surface area (Å²) in [4.78, 5) is 31.0. The fourth-order valence-electron chi connectivity index (χ4n) is 3.95. The molecule has 2 aromatic carbocycles.